The zero-order valence-corrected chi connectivity index (χ0v) is 16.0. The van der Waals surface area contributed by atoms with E-state index in [0.29, 0.717) is 10.8 Å². The van der Waals surface area contributed by atoms with Crippen LogP contribution in [0.1, 0.15) is 72.6 Å². The van der Waals surface area contributed by atoms with Crippen LogP contribution in [0, 0.1) is 28.6 Å². The minimum absolute atomic E-state index is 0.392. The van der Waals surface area contributed by atoms with Crippen molar-refractivity contribution in [3.8, 4) is 0 Å². The number of rotatable bonds is 2. The average molecular weight is 327 g/mol. The van der Waals surface area contributed by atoms with Gasteiger partial charge >= 0.3 is 0 Å². The number of hydrogen-bond acceptors (Lipinski definition) is 1. The number of hydrogen-bond donors (Lipinski definition) is 0. The van der Waals surface area contributed by atoms with Crippen LogP contribution >= 0.6 is 0 Å². The molecule has 2 saturated carbocycles. The summed E-state index contributed by atoms with van der Waals surface area (Å²) in [5.41, 5.74) is 4.24. The minimum Gasteiger partial charge on any atom is -0.498 e. The Hall–Kier alpha value is -0.980. The molecule has 1 nitrogen and oxygen atoms in total. The Kier molecular flexibility index (Phi) is 3.97. The lowest BCUT2D eigenvalue weighted by molar-refractivity contribution is -0.00881. The van der Waals surface area contributed by atoms with Gasteiger partial charge in [0.25, 0.3) is 0 Å². The predicted octanol–water partition coefficient (Wildman–Crippen LogP) is 6.43. The summed E-state index contributed by atoms with van der Waals surface area (Å²) in [5.74, 6) is 3.91. The van der Waals surface area contributed by atoms with Gasteiger partial charge in [0.05, 0.1) is 12.4 Å². The second kappa shape index (κ2) is 5.78. The Balaban J connectivity index is 1.66. The van der Waals surface area contributed by atoms with Crippen LogP contribution in [0.2, 0.25) is 0 Å². The summed E-state index contributed by atoms with van der Waals surface area (Å²) in [7, 11) is 0. The van der Waals surface area contributed by atoms with Gasteiger partial charge in [-0.3, -0.25) is 0 Å². The number of fused-ring (bicyclic) bond motifs is 5. The Morgan fingerprint density at radius 3 is 2.67 bits per heavy atom. The molecule has 5 unspecified atom stereocenters. The van der Waals surface area contributed by atoms with Gasteiger partial charge in [-0.05, 0) is 92.6 Å². The molecule has 0 aliphatic heterocycles. The lowest BCUT2D eigenvalue weighted by Gasteiger charge is -2.56. The van der Waals surface area contributed by atoms with E-state index < -0.39 is 0 Å². The fraction of sp³-hybridized carbons (Fsp3) is 0.739. The van der Waals surface area contributed by atoms with Gasteiger partial charge in [0.2, 0.25) is 0 Å². The maximum Gasteiger partial charge on any atom is 0.0962 e. The summed E-state index contributed by atoms with van der Waals surface area (Å²) in [6.45, 7) is 10.3. The molecule has 0 aromatic carbocycles. The van der Waals surface area contributed by atoms with Crippen molar-refractivity contribution in [2.24, 2.45) is 28.6 Å². The molecule has 132 valence electrons. The van der Waals surface area contributed by atoms with Crippen LogP contribution < -0.4 is 0 Å². The molecule has 24 heavy (non-hydrogen) atoms. The van der Waals surface area contributed by atoms with E-state index in [0.717, 1.165) is 30.8 Å². The van der Waals surface area contributed by atoms with Crippen LogP contribution in [-0.4, -0.2) is 6.61 Å². The predicted molar refractivity (Wildman–Crippen MR) is 101 cm³/mol. The van der Waals surface area contributed by atoms with Crippen molar-refractivity contribution in [2.45, 2.75) is 72.6 Å². The van der Waals surface area contributed by atoms with Crippen molar-refractivity contribution >= 4 is 0 Å². The molecule has 0 aromatic heterocycles. The van der Waals surface area contributed by atoms with Crippen LogP contribution in [0.15, 0.2) is 35.1 Å². The zero-order chi connectivity index (χ0) is 16.9. The van der Waals surface area contributed by atoms with E-state index in [2.05, 4.69) is 45.9 Å². The van der Waals surface area contributed by atoms with Gasteiger partial charge in [0.1, 0.15) is 0 Å². The second-order valence-electron chi connectivity index (χ2n) is 9.04. The second-order valence-corrected chi connectivity index (χ2v) is 9.04. The molecule has 4 rings (SSSR count). The van der Waals surface area contributed by atoms with Gasteiger partial charge < -0.3 is 4.74 Å². The van der Waals surface area contributed by atoms with Gasteiger partial charge in [-0.1, -0.05) is 31.6 Å². The molecule has 4 aliphatic carbocycles. The summed E-state index contributed by atoms with van der Waals surface area (Å²) in [6, 6.07) is 0. The topological polar surface area (TPSA) is 9.23 Å². The summed E-state index contributed by atoms with van der Waals surface area (Å²) in [4.78, 5) is 0. The Morgan fingerprint density at radius 1 is 1.12 bits per heavy atom. The zero-order valence-electron chi connectivity index (χ0n) is 16.0. The van der Waals surface area contributed by atoms with Gasteiger partial charge in [-0.15, -0.1) is 0 Å². The van der Waals surface area contributed by atoms with Crippen molar-refractivity contribution in [2.75, 3.05) is 6.61 Å². The third-order valence-corrected chi connectivity index (χ3v) is 8.26. The first-order chi connectivity index (χ1) is 11.5. The van der Waals surface area contributed by atoms with E-state index in [1.807, 2.05) is 0 Å². The van der Waals surface area contributed by atoms with E-state index in [4.69, 9.17) is 4.74 Å². The molecule has 0 saturated heterocycles. The maximum absolute atomic E-state index is 5.84. The van der Waals surface area contributed by atoms with Crippen molar-refractivity contribution in [1.29, 1.82) is 0 Å². The first-order valence-electron chi connectivity index (χ1n) is 10.2. The fourth-order valence-corrected chi connectivity index (χ4v) is 6.92. The highest BCUT2D eigenvalue weighted by atomic mass is 16.5. The molecular weight excluding hydrogens is 292 g/mol. The molecule has 0 spiro atoms. The van der Waals surface area contributed by atoms with Crippen molar-refractivity contribution in [3.05, 3.63) is 35.1 Å². The Morgan fingerprint density at radius 2 is 1.92 bits per heavy atom. The largest absolute Gasteiger partial charge is 0.498 e. The van der Waals surface area contributed by atoms with Crippen molar-refractivity contribution < 1.29 is 4.74 Å². The quantitative estimate of drug-likeness (QED) is 0.532. The average Bonchev–Trinajstić information content (AvgIpc) is 2.92. The highest BCUT2D eigenvalue weighted by Crippen LogP contribution is 2.65. The third-order valence-electron chi connectivity index (χ3n) is 8.26. The monoisotopic (exact) mass is 326 g/mol. The minimum atomic E-state index is 0.392. The van der Waals surface area contributed by atoms with Gasteiger partial charge in [0.15, 0.2) is 0 Å². The van der Waals surface area contributed by atoms with E-state index in [-0.39, 0.29) is 0 Å². The van der Waals surface area contributed by atoms with E-state index in [1.165, 1.54) is 44.3 Å². The maximum atomic E-state index is 5.84. The van der Waals surface area contributed by atoms with Crippen LogP contribution in [0.5, 0.6) is 0 Å². The standard InChI is InChI=1S/C23H34O/c1-5-16-8-10-20-19-9-7-17-15-18(24-6-2)11-13-23(17,4)21(19)12-14-22(16,20)3/h5,7,15,19-21H,6,8-14H2,1-4H3. The molecule has 0 radical (unpaired) electrons. The molecule has 4 aliphatic rings. The van der Waals surface area contributed by atoms with E-state index in [1.54, 1.807) is 11.1 Å². The smallest absolute Gasteiger partial charge is 0.0962 e. The molecule has 0 bridgehead atoms. The fourth-order valence-electron chi connectivity index (χ4n) is 6.92. The SMILES string of the molecule is CC=C1CCC2C3CC=C4C=C(OCC)CCC4(C)C3CCC12C. The van der Waals surface area contributed by atoms with E-state index in [9.17, 15) is 0 Å². The highest BCUT2D eigenvalue weighted by molar-refractivity contribution is 5.36. The summed E-state index contributed by atoms with van der Waals surface area (Å²) in [5, 5.41) is 0. The lowest BCUT2D eigenvalue weighted by Crippen LogP contribution is -2.48. The van der Waals surface area contributed by atoms with Crippen molar-refractivity contribution in [1.82, 2.24) is 0 Å². The summed E-state index contributed by atoms with van der Waals surface area (Å²) < 4.78 is 5.84. The van der Waals surface area contributed by atoms with Crippen molar-refractivity contribution in [3.63, 3.8) is 0 Å². The van der Waals surface area contributed by atoms with Gasteiger partial charge in [-0.25, -0.2) is 0 Å². The first-order valence-corrected chi connectivity index (χ1v) is 10.2. The molecule has 0 amide bonds. The molecule has 0 aromatic rings. The Labute approximate surface area is 148 Å². The lowest BCUT2D eigenvalue weighted by atomic mass is 9.48. The Bertz CT molecular complexity index is 610. The molecule has 2 fully saturated rings. The highest BCUT2D eigenvalue weighted by Gasteiger charge is 2.56. The molecule has 0 heterocycles. The van der Waals surface area contributed by atoms with Gasteiger partial charge in [-0.2, -0.15) is 0 Å². The van der Waals surface area contributed by atoms with Crippen LogP contribution in [0.25, 0.3) is 0 Å². The number of allylic oxidation sites excluding steroid dienone is 6. The van der Waals surface area contributed by atoms with Crippen LogP contribution in [0.4, 0.5) is 0 Å². The number of ether oxygens (including phenoxy) is 1. The third kappa shape index (κ3) is 2.19. The van der Waals surface area contributed by atoms with Gasteiger partial charge in [0, 0.05) is 6.42 Å². The molecule has 1 heteroatoms. The molecule has 0 N–H and O–H groups in total. The van der Waals surface area contributed by atoms with E-state index >= 15 is 0 Å². The first kappa shape index (κ1) is 16.5. The molecule has 5 atom stereocenters. The normalized spacial score (nSPS) is 45.8. The van der Waals surface area contributed by atoms with Crippen LogP contribution in [-0.2, 0) is 4.74 Å². The molecular formula is C23H34O. The van der Waals surface area contributed by atoms with Crippen LogP contribution in [0.3, 0.4) is 0 Å². The summed E-state index contributed by atoms with van der Waals surface area (Å²) >= 11 is 0. The summed E-state index contributed by atoms with van der Waals surface area (Å²) in [6.07, 6.45) is 16.7.